The number of rotatable bonds is 5. The minimum absolute atomic E-state index is 0.395. The van der Waals surface area contributed by atoms with Gasteiger partial charge in [0.15, 0.2) is 5.76 Å². The second-order valence-corrected chi connectivity index (χ2v) is 6.16. The van der Waals surface area contributed by atoms with Crippen molar-refractivity contribution >= 4 is 23.2 Å². The van der Waals surface area contributed by atoms with Crippen LogP contribution in [-0.4, -0.2) is 19.3 Å². The molecule has 1 saturated heterocycles. The molecule has 3 nitrogen and oxygen atoms in total. The van der Waals surface area contributed by atoms with Crippen LogP contribution in [0.25, 0.3) is 11.3 Å². The van der Waals surface area contributed by atoms with E-state index in [4.69, 9.17) is 32.4 Å². The third-order valence-corrected chi connectivity index (χ3v) is 4.04. The summed E-state index contributed by atoms with van der Waals surface area (Å²) < 4.78 is 11.5. The van der Waals surface area contributed by atoms with Crippen molar-refractivity contribution in [1.29, 1.82) is 0 Å². The predicted octanol–water partition coefficient (Wildman–Crippen LogP) is 3.50. The number of hydrogen-bond acceptors (Lipinski definition) is 2. The highest BCUT2D eigenvalue weighted by Crippen LogP contribution is 2.28. The Morgan fingerprint density at radius 2 is 1.95 bits per heavy atom. The Balaban J connectivity index is 1.60. The van der Waals surface area contributed by atoms with Gasteiger partial charge < -0.3 is 14.5 Å². The minimum atomic E-state index is 0.395. The molecule has 0 unspecified atom stereocenters. The van der Waals surface area contributed by atoms with E-state index in [0.717, 1.165) is 36.8 Å². The van der Waals surface area contributed by atoms with Gasteiger partial charge in [-0.3, -0.25) is 0 Å². The largest absolute Gasteiger partial charge is 0.455 e. The van der Waals surface area contributed by atoms with Crippen molar-refractivity contribution < 1.29 is 14.5 Å². The normalized spacial score (nSPS) is 18.3. The molecule has 0 radical (unpaired) electrons. The van der Waals surface area contributed by atoms with Gasteiger partial charge in [0.25, 0.3) is 0 Å². The van der Waals surface area contributed by atoms with Crippen molar-refractivity contribution in [2.75, 3.05) is 13.2 Å². The Morgan fingerprint density at radius 3 is 2.67 bits per heavy atom. The van der Waals surface area contributed by atoms with E-state index in [1.165, 1.54) is 12.8 Å². The summed E-state index contributed by atoms with van der Waals surface area (Å²) in [6, 6.07) is 9.37. The number of ether oxygens (including phenoxy) is 1. The molecule has 5 heteroatoms. The van der Waals surface area contributed by atoms with E-state index in [9.17, 15) is 0 Å². The smallest absolute Gasteiger partial charge is 0.158 e. The van der Waals surface area contributed by atoms with Crippen LogP contribution < -0.4 is 5.32 Å². The van der Waals surface area contributed by atoms with Gasteiger partial charge in [0.05, 0.1) is 0 Å². The molecule has 112 valence electrons. The van der Waals surface area contributed by atoms with Crippen LogP contribution in [0.4, 0.5) is 0 Å². The van der Waals surface area contributed by atoms with Gasteiger partial charge in [0, 0.05) is 22.2 Å². The average Bonchev–Trinajstić information content (AvgIpc) is 3.09. The fourth-order valence-electron chi connectivity index (χ4n) is 2.58. The van der Waals surface area contributed by atoms with Crippen molar-refractivity contribution in [2.24, 2.45) is 0 Å². The Hall–Kier alpha value is -1.00. The molecule has 1 aliphatic heterocycles. The molecular weight excluding hydrogens is 309 g/mol. The van der Waals surface area contributed by atoms with Crippen LogP contribution in [0.15, 0.2) is 34.7 Å². The van der Waals surface area contributed by atoms with Crippen LogP contribution in [0.3, 0.4) is 0 Å². The standard InChI is InChI=1S/C16H17Cl2NO2/c17-12-6-11(7-13(18)8-12)16-4-3-15(21-16)10-19-9-14-2-1-5-20-14/h3-4,6-8,14,19H,1-2,5,9-10H2/p+1/t14-/m1/s1. The Bertz CT molecular complexity index is 586. The molecule has 1 aromatic heterocycles. The monoisotopic (exact) mass is 326 g/mol. The first-order valence-corrected chi connectivity index (χ1v) is 7.95. The molecule has 2 N–H and O–H groups in total. The summed E-state index contributed by atoms with van der Waals surface area (Å²) in [5.74, 6) is 1.74. The van der Waals surface area contributed by atoms with Crippen LogP contribution in [0.5, 0.6) is 0 Å². The number of halogens is 2. The van der Waals surface area contributed by atoms with Crippen LogP contribution >= 0.6 is 23.2 Å². The fourth-order valence-corrected chi connectivity index (χ4v) is 3.11. The Labute approximate surface area is 134 Å². The third kappa shape index (κ3) is 4.01. The molecule has 0 spiro atoms. The molecule has 2 aromatic rings. The second-order valence-electron chi connectivity index (χ2n) is 5.29. The lowest BCUT2D eigenvalue weighted by Crippen LogP contribution is -2.84. The first-order chi connectivity index (χ1) is 10.2. The second kappa shape index (κ2) is 6.84. The molecule has 0 aliphatic carbocycles. The van der Waals surface area contributed by atoms with Crippen LogP contribution in [-0.2, 0) is 11.3 Å². The van der Waals surface area contributed by atoms with Gasteiger partial charge in [-0.15, -0.1) is 0 Å². The summed E-state index contributed by atoms with van der Waals surface area (Å²) in [6.07, 6.45) is 2.74. The number of nitrogens with two attached hydrogens (primary N) is 1. The maximum Gasteiger partial charge on any atom is 0.158 e. The summed E-state index contributed by atoms with van der Waals surface area (Å²) in [6.45, 7) is 2.70. The summed E-state index contributed by atoms with van der Waals surface area (Å²) in [5.41, 5.74) is 0.901. The molecule has 0 amide bonds. The highest BCUT2D eigenvalue weighted by atomic mass is 35.5. The quantitative estimate of drug-likeness (QED) is 0.913. The zero-order valence-corrected chi connectivity index (χ0v) is 13.2. The van der Waals surface area contributed by atoms with E-state index in [1.54, 1.807) is 6.07 Å². The molecule has 3 rings (SSSR count). The van der Waals surface area contributed by atoms with Crippen LogP contribution in [0, 0.1) is 0 Å². The van der Waals surface area contributed by atoms with E-state index >= 15 is 0 Å². The van der Waals surface area contributed by atoms with Crippen molar-refractivity contribution in [3.05, 3.63) is 46.1 Å². The number of quaternary nitrogens is 1. The average molecular weight is 327 g/mol. The predicted molar refractivity (Wildman–Crippen MR) is 83.6 cm³/mol. The Kier molecular flexibility index (Phi) is 4.86. The molecule has 1 atom stereocenters. The first-order valence-electron chi connectivity index (χ1n) is 7.19. The lowest BCUT2D eigenvalue weighted by Gasteiger charge is -2.06. The topological polar surface area (TPSA) is 39.0 Å². The fraction of sp³-hybridized carbons (Fsp3) is 0.375. The molecule has 1 aliphatic rings. The Morgan fingerprint density at radius 1 is 1.14 bits per heavy atom. The number of benzene rings is 1. The van der Waals surface area contributed by atoms with E-state index in [1.807, 2.05) is 24.3 Å². The van der Waals surface area contributed by atoms with Crippen molar-refractivity contribution in [3.8, 4) is 11.3 Å². The molecule has 0 saturated carbocycles. The molecule has 1 fully saturated rings. The lowest BCUT2D eigenvalue weighted by atomic mass is 10.2. The van der Waals surface area contributed by atoms with E-state index in [2.05, 4.69) is 5.32 Å². The minimum Gasteiger partial charge on any atom is -0.455 e. The highest BCUT2D eigenvalue weighted by Gasteiger charge is 2.17. The molecule has 2 heterocycles. The summed E-state index contributed by atoms with van der Waals surface area (Å²) in [7, 11) is 0. The van der Waals surface area contributed by atoms with Crippen molar-refractivity contribution in [3.63, 3.8) is 0 Å². The molecule has 21 heavy (non-hydrogen) atoms. The van der Waals surface area contributed by atoms with Gasteiger partial charge >= 0.3 is 0 Å². The molecule has 0 bridgehead atoms. The van der Waals surface area contributed by atoms with Gasteiger partial charge in [-0.1, -0.05) is 23.2 Å². The van der Waals surface area contributed by atoms with Gasteiger partial charge in [0.1, 0.15) is 25.0 Å². The van der Waals surface area contributed by atoms with Gasteiger partial charge in [-0.25, -0.2) is 0 Å². The maximum absolute atomic E-state index is 6.02. The summed E-state index contributed by atoms with van der Waals surface area (Å²) in [5, 5.41) is 3.45. The lowest BCUT2D eigenvalue weighted by molar-refractivity contribution is -0.677. The summed E-state index contributed by atoms with van der Waals surface area (Å²) >= 11 is 12.0. The summed E-state index contributed by atoms with van der Waals surface area (Å²) in [4.78, 5) is 0. The van der Waals surface area contributed by atoms with Gasteiger partial charge in [0.2, 0.25) is 0 Å². The number of furan rings is 1. The van der Waals surface area contributed by atoms with Crippen molar-refractivity contribution in [2.45, 2.75) is 25.5 Å². The zero-order chi connectivity index (χ0) is 14.7. The van der Waals surface area contributed by atoms with Gasteiger partial charge in [-0.2, -0.15) is 0 Å². The maximum atomic E-state index is 6.02. The molecular formula is C16H18Cl2NO2+. The van der Waals surface area contributed by atoms with Crippen molar-refractivity contribution in [1.82, 2.24) is 0 Å². The van der Waals surface area contributed by atoms with E-state index in [0.29, 0.717) is 16.1 Å². The van der Waals surface area contributed by atoms with Crippen LogP contribution in [0.1, 0.15) is 18.6 Å². The SMILES string of the molecule is Clc1cc(Cl)cc(-c2ccc(C[NH2+]C[C@H]3CCCO3)o2)c1. The first kappa shape index (κ1) is 14.9. The third-order valence-electron chi connectivity index (χ3n) is 3.61. The van der Waals surface area contributed by atoms with Gasteiger partial charge in [-0.05, 0) is 43.2 Å². The molecule has 1 aromatic carbocycles. The van der Waals surface area contributed by atoms with E-state index in [-0.39, 0.29) is 0 Å². The zero-order valence-electron chi connectivity index (χ0n) is 11.6. The highest BCUT2D eigenvalue weighted by molar-refractivity contribution is 6.35. The number of hydrogen-bond donors (Lipinski definition) is 1. The van der Waals surface area contributed by atoms with Crippen LogP contribution in [0.2, 0.25) is 10.0 Å². The van der Waals surface area contributed by atoms with E-state index < -0.39 is 0 Å².